The van der Waals surface area contributed by atoms with Gasteiger partial charge >= 0.3 is 0 Å². The molecule has 2 aromatic carbocycles. The van der Waals surface area contributed by atoms with Crippen LogP contribution in [0.3, 0.4) is 0 Å². The first kappa shape index (κ1) is 18.0. The lowest BCUT2D eigenvalue weighted by atomic mass is 10.2. The molecule has 0 spiro atoms. The van der Waals surface area contributed by atoms with Crippen molar-refractivity contribution in [2.45, 2.75) is 6.92 Å². The van der Waals surface area contributed by atoms with E-state index in [4.69, 9.17) is 27.6 Å². The molecule has 0 fully saturated rings. The molecule has 8 heteroatoms. The van der Waals surface area contributed by atoms with Crippen LogP contribution in [-0.4, -0.2) is 10.8 Å². The topological polar surface area (TPSA) is 85.4 Å². The van der Waals surface area contributed by atoms with Crippen molar-refractivity contribution in [3.63, 3.8) is 0 Å². The number of furan rings is 1. The van der Waals surface area contributed by atoms with E-state index in [0.29, 0.717) is 26.9 Å². The number of anilines is 1. The Labute approximate surface area is 158 Å². The second-order valence-corrected chi connectivity index (χ2v) is 6.36. The summed E-state index contributed by atoms with van der Waals surface area (Å²) in [7, 11) is 0. The van der Waals surface area contributed by atoms with Crippen molar-refractivity contribution in [1.82, 2.24) is 0 Å². The molecule has 6 nitrogen and oxygen atoms in total. The average Bonchev–Trinajstić information content (AvgIpc) is 3.06. The van der Waals surface area contributed by atoms with E-state index in [2.05, 4.69) is 5.32 Å². The molecule has 3 aromatic rings. The van der Waals surface area contributed by atoms with E-state index in [1.165, 1.54) is 18.2 Å². The van der Waals surface area contributed by atoms with Gasteiger partial charge in [0.1, 0.15) is 11.4 Å². The van der Waals surface area contributed by atoms with Gasteiger partial charge in [-0.1, -0.05) is 29.3 Å². The number of rotatable bonds is 4. The van der Waals surface area contributed by atoms with Crippen LogP contribution in [-0.2, 0) is 0 Å². The first-order valence-corrected chi connectivity index (χ1v) is 8.22. The van der Waals surface area contributed by atoms with Crippen molar-refractivity contribution < 1.29 is 14.1 Å². The third-order valence-electron chi connectivity index (χ3n) is 3.62. The van der Waals surface area contributed by atoms with Gasteiger partial charge in [0.25, 0.3) is 11.6 Å². The monoisotopic (exact) mass is 390 g/mol. The zero-order chi connectivity index (χ0) is 18.8. The maximum atomic E-state index is 12.4. The Morgan fingerprint density at radius 3 is 2.58 bits per heavy atom. The molecule has 1 aromatic heterocycles. The van der Waals surface area contributed by atoms with Gasteiger partial charge in [-0.2, -0.15) is 0 Å². The zero-order valence-electron chi connectivity index (χ0n) is 13.5. The Bertz CT molecular complexity index is 1010. The summed E-state index contributed by atoms with van der Waals surface area (Å²) in [4.78, 5) is 23.0. The number of nitro benzene ring substituents is 1. The molecule has 3 rings (SSSR count). The predicted molar refractivity (Wildman–Crippen MR) is 100.0 cm³/mol. The number of carbonyl (C=O) groups is 1. The summed E-state index contributed by atoms with van der Waals surface area (Å²) in [5.74, 6) is -0.218. The van der Waals surface area contributed by atoms with Crippen molar-refractivity contribution in [2.24, 2.45) is 0 Å². The number of carbonyl (C=O) groups excluding carboxylic acids is 1. The van der Waals surface area contributed by atoms with E-state index in [9.17, 15) is 14.9 Å². The first-order valence-electron chi connectivity index (χ1n) is 7.47. The van der Waals surface area contributed by atoms with E-state index in [0.717, 1.165) is 0 Å². The summed E-state index contributed by atoms with van der Waals surface area (Å²) >= 11 is 12.0. The molecule has 0 aliphatic heterocycles. The Morgan fingerprint density at radius 1 is 1.12 bits per heavy atom. The Hall–Kier alpha value is -2.83. The fourth-order valence-electron chi connectivity index (χ4n) is 2.38. The van der Waals surface area contributed by atoms with E-state index < -0.39 is 10.8 Å². The minimum Gasteiger partial charge on any atom is -0.451 e. The maximum Gasteiger partial charge on any atom is 0.293 e. The molecule has 0 atom stereocenters. The summed E-state index contributed by atoms with van der Waals surface area (Å²) in [5.41, 5.74) is 1.20. The summed E-state index contributed by atoms with van der Waals surface area (Å²) < 4.78 is 5.54. The quantitative estimate of drug-likeness (QED) is 0.455. The van der Waals surface area contributed by atoms with Gasteiger partial charge in [0, 0.05) is 16.7 Å². The fraction of sp³-hybridized carbons (Fsp3) is 0.0556. The highest BCUT2D eigenvalue weighted by Gasteiger charge is 2.19. The van der Waals surface area contributed by atoms with Crippen LogP contribution in [0, 0.1) is 17.0 Å². The molecule has 1 heterocycles. The van der Waals surface area contributed by atoms with Gasteiger partial charge in [0.2, 0.25) is 0 Å². The van der Waals surface area contributed by atoms with Crippen LogP contribution in [0.2, 0.25) is 10.0 Å². The second kappa shape index (κ2) is 7.19. The number of nitrogens with zero attached hydrogens (tertiary/aromatic N) is 1. The molecule has 0 aliphatic carbocycles. The predicted octanol–water partition coefficient (Wildman–Crippen LogP) is 5.72. The molecule has 0 bridgehead atoms. The van der Waals surface area contributed by atoms with Crippen LogP contribution < -0.4 is 5.32 Å². The second-order valence-electron chi connectivity index (χ2n) is 5.52. The number of hydrogen-bond donors (Lipinski definition) is 1. The molecular weight excluding hydrogens is 379 g/mol. The number of amides is 1. The number of aryl methyl sites for hydroxylation is 1. The smallest absolute Gasteiger partial charge is 0.293 e. The van der Waals surface area contributed by atoms with Crippen molar-refractivity contribution in [2.75, 3.05) is 5.32 Å². The third kappa shape index (κ3) is 3.71. The Morgan fingerprint density at radius 2 is 1.88 bits per heavy atom. The van der Waals surface area contributed by atoms with Crippen LogP contribution in [0.25, 0.3) is 11.3 Å². The lowest BCUT2D eigenvalue weighted by Gasteiger charge is -2.05. The molecular formula is C18H12Cl2N2O4. The summed E-state index contributed by atoms with van der Waals surface area (Å²) in [6, 6.07) is 12.5. The number of halogens is 2. The molecule has 0 saturated heterocycles. The highest BCUT2D eigenvalue weighted by molar-refractivity contribution is 6.36. The van der Waals surface area contributed by atoms with Crippen molar-refractivity contribution in [3.8, 4) is 11.3 Å². The van der Waals surface area contributed by atoms with E-state index in [-0.39, 0.29) is 17.1 Å². The number of nitro groups is 1. The first-order chi connectivity index (χ1) is 12.3. The molecule has 132 valence electrons. The standard InChI is InChI=1S/C18H12Cl2N2O4/c1-10-2-5-14(15(8-10)22(24)25)21-18(23)17-7-6-16(26-17)12-4-3-11(19)9-13(12)20/h2-9H,1H3,(H,21,23). The normalized spacial score (nSPS) is 10.6. The SMILES string of the molecule is Cc1ccc(NC(=O)c2ccc(-c3ccc(Cl)cc3Cl)o2)c([N+](=O)[O-])c1. The van der Waals surface area contributed by atoms with Crippen molar-refractivity contribution in [3.05, 3.63) is 80.0 Å². The Balaban J connectivity index is 1.86. The van der Waals surface area contributed by atoms with Gasteiger partial charge in [0.05, 0.1) is 9.95 Å². The highest BCUT2D eigenvalue weighted by Crippen LogP contribution is 2.32. The molecule has 1 amide bonds. The zero-order valence-corrected chi connectivity index (χ0v) is 15.0. The van der Waals surface area contributed by atoms with Crippen molar-refractivity contribution >= 4 is 40.5 Å². The number of hydrogen-bond acceptors (Lipinski definition) is 4. The van der Waals surface area contributed by atoms with Gasteiger partial charge in [-0.05, 0) is 48.9 Å². The molecule has 0 saturated carbocycles. The van der Waals surface area contributed by atoms with Crippen LogP contribution in [0.1, 0.15) is 16.1 Å². The molecule has 0 aliphatic rings. The molecule has 1 N–H and O–H groups in total. The van der Waals surface area contributed by atoms with Gasteiger partial charge < -0.3 is 9.73 Å². The highest BCUT2D eigenvalue weighted by atomic mass is 35.5. The fourth-order valence-corrected chi connectivity index (χ4v) is 2.88. The molecule has 26 heavy (non-hydrogen) atoms. The molecule has 0 unspecified atom stereocenters. The van der Waals surface area contributed by atoms with Crippen LogP contribution in [0.5, 0.6) is 0 Å². The number of nitrogens with one attached hydrogen (secondary N) is 1. The summed E-state index contributed by atoms with van der Waals surface area (Å²) in [6.45, 7) is 1.73. The summed E-state index contributed by atoms with van der Waals surface area (Å²) in [5, 5.41) is 14.5. The van der Waals surface area contributed by atoms with E-state index in [1.807, 2.05) is 0 Å². The van der Waals surface area contributed by atoms with Gasteiger partial charge in [-0.25, -0.2) is 0 Å². The third-order valence-corrected chi connectivity index (χ3v) is 4.17. The van der Waals surface area contributed by atoms with Gasteiger partial charge in [-0.15, -0.1) is 0 Å². The minimum atomic E-state index is -0.603. The largest absolute Gasteiger partial charge is 0.451 e. The van der Waals surface area contributed by atoms with E-state index >= 15 is 0 Å². The minimum absolute atomic E-state index is 0.000824. The van der Waals surface area contributed by atoms with E-state index in [1.54, 1.807) is 37.3 Å². The number of benzene rings is 2. The van der Waals surface area contributed by atoms with Crippen LogP contribution in [0.15, 0.2) is 52.9 Å². The average molecular weight is 391 g/mol. The maximum absolute atomic E-state index is 12.4. The van der Waals surface area contributed by atoms with Gasteiger partial charge in [-0.3, -0.25) is 14.9 Å². The van der Waals surface area contributed by atoms with Crippen LogP contribution >= 0.6 is 23.2 Å². The lowest BCUT2D eigenvalue weighted by Crippen LogP contribution is -2.12. The van der Waals surface area contributed by atoms with Crippen LogP contribution in [0.4, 0.5) is 11.4 Å². The lowest BCUT2D eigenvalue weighted by molar-refractivity contribution is -0.384. The summed E-state index contributed by atoms with van der Waals surface area (Å²) in [6.07, 6.45) is 0. The molecule has 0 radical (unpaired) electrons. The Kier molecular flexibility index (Phi) is 4.97. The van der Waals surface area contributed by atoms with Crippen molar-refractivity contribution in [1.29, 1.82) is 0 Å². The van der Waals surface area contributed by atoms with Gasteiger partial charge in [0.15, 0.2) is 5.76 Å².